The second kappa shape index (κ2) is 8.30. The first kappa shape index (κ1) is 16.1. The maximum Gasteiger partial charge on any atom is 0.304 e. The van der Waals surface area contributed by atoms with Crippen molar-refractivity contribution in [2.45, 2.75) is 25.9 Å². The minimum absolute atomic E-state index is 0.140. The van der Waals surface area contributed by atoms with Crippen molar-refractivity contribution >= 4 is 21.9 Å². The monoisotopic (exact) mass is 329 g/mol. The number of halogens is 1. The third-order valence-corrected chi connectivity index (χ3v) is 3.53. The van der Waals surface area contributed by atoms with Crippen LogP contribution in [0, 0.1) is 0 Å². The van der Waals surface area contributed by atoms with E-state index in [4.69, 9.17) is 5.11 Å². The van der Waals surface area contributed by atoms with E-state index in [9.17, 15) is 9.90 Å². The molecule has 1 atom stereocenters. The fraction of sp³-hybridized carbons (Fsp3) is 0.500. The van der Waals surface area contributed by atoms with Crippen molar-refractivity contribution in [3.05, 3.63) is 34.3 Å². The van der Waals surface area contributed by atoms with Gasteiger partial charge in [0.25, 0.3) is 0 Å². The molecular formula is C14H20BrNO3. The van der Waals surface area contributed by atoms with Crippen LogP contribution in [0.25, 0.3) is 0 Å². The molecule has 0 radical (unpaired) electrons. The van der Waals surface area contributed by atoms with Crippen molar-refractivity contribution in [1.82, 2.24) is 4.90 Å². The number of carbonyl (C=O) groups is 1. The Kier molecular flexibility index (Phi) is 7.05. The molecule has 4 nitrogen and oxygen atoms in total. The molecule has 1 unspecified atom stereocenters. The van der Waals surface area contributed by atoms with Gasteiger partial charge < -0.3 is 15.1 Å². The van der Waals surface area contributed by atoms with Crippen LogP contribution in [0.15, 0.2) is 28.7 Å². The first-order valence-corrected chi connectivity index (χ1v) is 7.20. The summed E-state index contributed by atoms with van der Waals surface area (Å²) in [7, 11) is 0. The van der Waals surface area contributed by atoms with Crippen molar-refractivity contribution in [1.29, 1.82) is 0 Å². The van der Waals surface area contributed by atoms with E-state index in [-0.39, 0.29) is 6.42 Å². The molecule has 0 amide bonds. The topological polar surface area (TPSA) is 60.8 Å². The lowest BCUT2D eigenvalue weighted by Crippen LogP contribution is -2.28. The number of rotatable bonds is 8. The molecule has 0 spiro atoms. The molecular weight excluding hydrogens is 310 g/mol. The highest BCUT2D eigenvalue weighted by atomic mass is 79.9. The standard InChI is InChI=1S/C14H20BrNO3/c1-2-16(9-7-14(18)19)8-6-13(17)11-4-3-5-12(15)10-11/h3-5,10,13,17H,2,6-9H2,1H3,(H,18,19). The molecule has 19 heavy (non-hydrogen) atoms. The van der Waals surface area contributed by atoms with Crippen LogP contribution >= 0.6 is 15.9 Å². The molecule has 0 saturated heterocycles. The molecule has 0 aliphatic rings. The number of carboxylic acids is 1. The Hall–Kier alpha value is -0.910. The van der Waals surface area contributed by atoms with Gasteiger partial charge >= 0.3 is 5.97 Å². The van der Waals surface area contributed by atoms with Crippen LogP contribution in [0.5, 0.6) is 0 Å². The molecule has 0 aromatic heterocycles. The molecule has 1 aromatic rings. The van der Waals surface area contributed by atoms with Gasteiger partial charge in [0.05, 0.1) is 12.5 Å². The van der Waals surface area contributed by atoms with Gasteiger partial charge in [-0.1, -0.05) is 35.0 Å². The highest BCUT2D eigenvalue weighted by Gasteiger charge is 2.11. The molecule has 0 aliphatic heterocycles. The minimum Gasteiger partial charge on any atom is -0.481 e. The van der Waals surface area contributed by atoms with Crippen molar-refractivity contribution in [2.24, 2.45) is 0 Å². The Morgan fingerprint density at radius 1 is 1.42 bits per heavy atom. The number of nitrogens with zero attached hydrogens (tertiary/aromatic N) is 1. The van der Waals surface area contributed by atoms with Crippen LogP contribution < -0.4 is 0 Å². The average molecular weight is 330 g/mol. The van der Waals surface area contributed by atoms with Gasteiger partial charge in [0.2, 0.25) is 0 Å². The summed E-state index contributed by atoms with van der Waals surface area (Å²) in [5.41, 5.74) is 0.878. The molecule has 0 fully saturated rings. The smallest absolute Gasteiger partial charge is 0.304 e. The summed E-state index contributed by atoms with van der Waals surface area (Å²) < 4.78 is 0.947. The fourth-order valence-electron chi connectivity index (χ4n) is 1.87. The SMILES string of the molecule is CCN(CCC(=O)O)CCC(O)c1cccc(Br)c1. The number of aliphatic hydroxyl groups excluding tert-OH is 1. The Balaban J connectivity index is 2.43. The molecule has 1 aromatic carbocycles. The summed E-state index contributed by atoms with van der Waals surface area (Å²) in [6.07, 6.45) is 0.224. The van der Waals surface area contributed by atoms with Gasteiger partial charge in [0.15, 0.2) is 0 Å². The van der Waals surface area contributed by atoms with Gasteiger partial charge in [0, 0.05) is 17.6 Å². The van der Waals surface area contributed by atoms with Gasteiger partial charge in [-0.05, 0) is 30.7 Å². The lowest BCUT2D eigenvalue weighted by Gasteiger charge is -2.21. The number of hydrogen-bond donors (Lipinski definition) is 2. The van der Waals surface area contributed by atoms with Crippen LogP contribution in [-0.4, -0.2) is 40.7 Å². The van der Waals surface area contributed by atoms with Crippen LogP contribution in [0.3, 0.4) is 0 Å². The van der Waals surface area contributed by atoms with E-state index < -0.39 is 12.1 Å². The number of aliphatic hydroxyl groups is 1. The Morgan fingerprint density at radius 3 is 2.74 bits per heavy atom. The van der Waals surface area contributed by atoms with E-state index in [2.05, 4.69) is 15.9 Å². The van der Waals surface area contributed by atoms with Crippen molar-refractivity contribution in [3.63, 3.8) is 0 Å². The van der Waals surface area contributed by atoms with E-state index in [0.29, 0.717) is 19.5 Å². The quantitative estimate of drug-likeness (QED) is 0.769. The zero-order chi connectivity index (χ0) is 14.3. The lowest BCUT2D eigenvalue weighted by atomic mass is 10.1. The summed E-state index contributed by atoms with van der Waals surface area (Å²) in [5, 5.41) is 18.8. The maximum absolute atomic E-state index is 10.5. The lowest BCUT2D eigenvalue weighted by molar-refractivity contribution is -0.137. The van der Waals surface area contributed by atoms with Crippen LogP contribution in [-0.2, 0) is 4.79 Å². The predicted molar refractivity (Wildman–Crippen MR) is 78.1 cm³/mol. The zero-order valence-corrected chi connectivity index (χ0v) is 12.6. The number of carboxylic acid groups (broad SMARTS) is 1. The summed E-state index contributed by atoms with van der Waals surface area (Å²) in [6.45, 7) is 4.00. The van der Waals surface area contributed by atoms with E-state index >= 15 is 0 Å². The van der Waals surface area contributed by atoms with Gasteiger partial charge in [0.1, 0.15) is 0 Å². The summed E-state index contributed by atoms with van der Waals surface area (Å²) in [6, 6.07) is 7.60. The molecule has 2 N–H and O–H groups in total. The Morgan fingerprint density at radius 2 is 2.16 bits per heavy atom. The number of benzene rings is 1. The highest BCUT2D eigenvalue weighted by Crippen LogP contribution is 2.20. The third-order valence-electron chi connectivity index (χ3n) is 3.04. The number of aliphatic carboxylic acids is 1. The first-order chi connectivity index (χ1) is 9.02. The van der Waals surface area contributed by atoms with E-state index in [0.717, 1.165) is 16.6 Å². The van der Waals surface area contributed by atoms with E-state index in [1.807, 2.05) is 36.1 Å². The Bertz CT molecular complexity index is 411. The molecule has 5 heteroatoms. The van der Waals surface area contributed by atoms with Gasteiger partial charge in [-0.2, -0.15) is 0 Å². The Labute approximate surface area is 122 Å². The molecule has 0 saturated carbocycles. The largest absolute Gasteiger partial charge is 0.481 e. The average Bonchev–Trinajstić information content (AvgIpc) is 2.38. The van der Waals surface area contributed by atoms with Gasteiger partial charge in [-0.15, -0.1) is 0 Å². The second-order valence-electron chi connectivity index (χ2n) is 4.44. The van der Waals surface area contributed by atoms with Crippen molar-refractivity contribution in [2.75, 3.05) is 19.6 Å². The summed E-state index contributed by atoms with van der Waals surface area (Å²) >= 11 is 3.38. The third kappa shape index (κ3) is 6.18. The van der Waals surface area contributed by atoms with E-state index in [1.54, 1.807) is 0 Å². The zero-order valence-electron chi connectivity index (χ0n) is 11.1. The molecule has 1 rings (SSSR count). The molecule has 0 aliphatic carbocycles. The van der Waals surface area contributed by atoms with Crippen LogP contribution in [0.2, 0.25) is 0 Å². The molecule has 0 bridgehead atoms. The molecule has 0 heterocycles. The summed E-state index contributed by atoms with van der Waals surface area (Å²) in [5.74, 6) is -0.786. The van der Waals surface area contributed by atoms with Crippen molar-refractivity contribution in [3.8, 4) is 0 Å². The summed E-state index contributed by atoms with van der Waals surface area (Å²) in [4.78, 5) is 12.6. The predicted octanol–water partition coefficient (Wildman–Crippen LogP) is 2.67. The maximum atomic E-state index is 10.5. The van der Waals surface area contributed by atoms with Gasteiger partial charge in [-0.3, -0.25) is 4.79 Å². The first-order valence-electron chi connectivity index (χ1n) is 6.40. The van der Waals surface area contributed by atoms with Crippen molar-refractivity contribution < 1.29 is 15.0 Å². The fourth-order valence-corrected chi connectivity index (χ4v) is 2.28. The normalized spacial score (nSPS) is 12.6. The van der Waals surface area contributed by atoms with Crippen LogP contribution in [0.4, 0.5) is 0 Å². The highest BCUT2D eigenvalue weighted by molar-refractivity contribution is 9.10. The van der Waals surface area contributed by atoms with Gasteiger partial charge in [-0.25, -0.2) is 0 Å². The molecule has 106 valence electrons. The van der Waals surface area contributed by atoms with E-state index in [1.165, 1.54) is 0 Å². The minimum atomic E-state index is -0.786. The second-order valence-corrected chi connectivity index (χ2v) is 5.35. The number of hydrogen-bond acceptors (Lipinski definition) is 3. The van der Waals surface area contributed by atoms with Crippen LogP contribution in [0.1, 0.15) is 31.4 Å².